The minimum absolute atomic E-state index is 0.00737. The third kappa shape index (κ3) is 4.53. The summed E-state index contributed by atoms with van der Waals surface area (Å²) in [6.07, 6.45) is 1.60. The van der Waals surface area contributed by atoms with Crippen molar-refractivity contribution in [2.45, 2.75) is 19.9 Å². The average molecular weight is 365 g/mol. The standard InChI is InChI=1S/C21H23N3O3/c1-16-7-3-6-10-20(16)27-14-13-23(2)21(26)11-12-24-18-9-5-4-8-17(18)19(25)15-22-24/h3-10,15H,11-14H2,1-2H3. The lowest BCUT2D eigenvalue weighted by Gasteiger charge is -2.18. The van der Waals surface area contributed by atoms with Crippen molar-refractivity contribution < 1.29 is 9.53 Å². The summed E-state index contributed by atoms with van der Waals surface area (Å²) in [4.78, 5) is 25.9. The summed E-state index contributed by atoms with van der Waals surface area (Å²) in [5.74, 6) is 0.843. The molecule has 0 aliphatic carbocycles. The van der Waals surface area contributed by atoms with E-state index in [0.29, 0.717) is 31.5 Å². The molecule has 0 spiro atoms. The summed E-state index contributed by atoms with van der Waals surface area (Å²) < 4.78 is 7.45. The number of carbonyl (C=O) groups is 1. The van der Waals surface area contributed by atoms with E-state index in [4.69, 9.17) is 4.74 Å². The lowest BCUT2D eigenvalue weighted by molar-refractivity contribution is -0.130. The molecule has 0 aliphatic heterocycles. The van der Waals surface area contributed by atoms with Crippen molar-refractivity contribution in [1.82, 2.24) is 14.7 Å². The van der Waals surface area contributed by atoms with Crippen LogP contribution in [0.25, 0.3) is 10.9 Å². The monoisotopic (exact) mass is 365 g/mol. The summed E-state index contributed by atoms with van der Waals surface area (Å²) in [6.45, 7) is 3.35. The molecular weight excluding hydrogens is 342 g/mol. The van der Waals surface area contributed by atoms with Gasteiger partial charge in [0.2, 0.25) is 11.3 Å². The Balaban J connectivity index is 1.54. The van der Waals surface area contributed by atoms with Gasteiger partial charge in [-0.05, 0) is 30.7 Å². The fourth-order valence-electron chi connectivity index (χ4n) is 2.87. The van der Waals surface area contributed by atoms with Gasteiger partial charge in [-0.15, -0.1) is 0 Å². The molecule has 0 saturated carbocycles. The Bertz CT molecular complexity index is 997. The van der Waals surface area contributed by atoms with Gasteiger partial charge in [-0.1, -0.05) is 30.3 Å². The van der Waals surface area contributed by atoms with Gasteiger partial charge < -0.3 is 9.64 Å². The predicted octanol–water partition coefficient (Wildman–Crippen LogP) is 2.63. The SMILES string of the molecule is Cc1ccccc1OCCN(C)C(=O)CCn1ncc(=O)c2ccccc21. The number of hydrogen-bond donors (Lipinski definition) is 0. The number of hydrogen-bond acceptors (Lipinski definition) is 4. The largest absolute Gasteiger partial charge is 0.491 e. The number of amides is 1. The molecular formula is C21H23N3O3. The second-order valence-electron chi connectivity index (χ2n) is 6.43. The van der Waals surface area contributed by atoms with Gasteiger partial charge in [-0.3, -0.25) is 14.3 Å². The van der Waals surface area contributed by atoms with E-state index < -0.39 is 0 Å². The van der Waals surface area contributed by atoms with Crippen LogP contribution in [0.3, 0.4) is 0 Å². The molecule has 1 heterocycles. The zero-order valence-electron chi connectivity index (χ0n) is 15.6. The fraction of sp³-hybridized carbons (Fsp3) is 0.286. The van der Waals surface area contributed by atoms with Gasteiger partial charge in [-0.2, -0.15) is 5.10 Å². The van der Waals surface area contributed by atoms with Crippen molar-refractivity contribution in [3.63, 3.8) is 0 Å². The summed E-state index contributed by atoms with van der Waals surface area (Å²) in [6, 6.07) is 15.1. The molecule has 140 valence electrons. The first-order valence-corrected chi connectivity index (χ1v) is 8.93. The normalized spacial score (nSPS) is 10.7. The molecule has 0 N–H and O–H groups in total. The quantitative estimate of drug-likeness (QED) is 0.646. The first-order chi connectivity index (χ1) is 13.1. The van der Waals surface area contributed by atoms with Crippen LogP contribution in [-0.4, -0.2) is 40.8 Å². The van der Waals surface area contributed by atoms with E-state index in [1.54, 1.807) is 22.7 Å². The Hall–Kier alpha value is -3.15. The van der Waals surface area contributed by atoms with Crippen LogP contribution in [0.15, 0.2) is 59.5 Å². The van der Waals surface area contributed by atoms with E-state index in [-0.39, 0.29) is 11.3 Å². The van der Waals surface area contributed by atoms with Crippen molar-refractivity contribution in [1.29, 1.82) is 0 Å². The van der Waals surface area contributed by atoms with Crippen molar-refractivity contribution >= 4 is 16.8 Å². The van der Waals surface area contributed by atoms with Crippen molar-refractivity contribution in [3.8, 4) is 5.75 Å². The van der Waals surface area contributed by atoms with Crippen LogP contribution in [0.2, 0.25) is 0 Å². The number of likely N-dealkylation sites (N-methyl/N-ethyl adjacent to an activating group) is 1. The van der Waals surface area contributed by atoms with Crippen LogP contribution < -0.4 is 10.2 Å². The maximum Gasteiger partial charge on any atom is 0.224 e. The molecule has 0 unspecified atom stereocenters. The van der Waals surface area contributed by atoms with Crippen LogP contribution >= 0.6 is 0 Å². The Morgan fingerprint density at radius 1 is 1.15 bits per heavy atom. The number of rotatable bonds is 7. The lowest BCUT2D eigenvalue weighted by Crippen LogP contribution is -2.31. The highest BCUT2D eigenvalue weighted by atomic mass is 16.5. The number of aryl methyl sites for hydroxylation is 2. The molecule has 0 aliphatic rings. The number of fused-ring (bicyclic) bond motifs is 1. The molecule has 3 rings (SSSR count). The molecule has 2 aromatic carbocycles. The van der Waals surface area contributed by atoms with E-state index in [2.05, 4.69) is 5.10 Å². The van der Waals surface area contributed by atoms with Gasteiger partial charge >= 0.3 is 0 Å². The van der Waals surface area contributed by atoms with Gasteiger partial charge in [0.25, 0.3) is 0 Å². The molecule has 6 nitrogen and oxygen atoms in total. The second kappa shape index (κ2) is 8.49. The van der Waals surface area contributed by atoms with Crippen molar-refractivity contribution in [3.05, 3.63) is 70.5 Å². The summed E-state index contributed by atoms with van der Waals surface area (Å²) in [7, 11) is 1.76. The number of aromatic nitrogens is 2. The number of para-hydroxylation sites is 2. The molecule has 0 atom stereocenters. The van der Waals surface area contributed by atoms with E-state index >= 15 is 0 Å². The van der Waals surface area contributed by atoms with E-state index in [0.717, 1.165) is 16.8 Å². The Kier molecular flexibility index (Phi) is 5.86. The highest BCUT2D eigenvalue weighted by Crippen LogP contribution is 2.16. The molecule has 0 bridgehead atoms. The summed E-state index contributed by atoms with van der Waals surface area (Å²) in [5, 5.41) is 4.77. The zero-order valence-corrected chi connectivity index (χ0v) is 15.6. The Morgan fingerprint density at radius 3 is 2.70 bits per heavy atom. The van der Waals surface area contributed by atoms with Gasteiger partial charge in [-0.25, -0.2) is 0 Å². The Morgan fingerprint density at radius 2 is 1.89 bits per heavy atom. The van der Waals surface area contributed by atoms with Gasteiger partial charge in [0, 0.05) is 18.9 Å². The molecule has 1 aromatic heterocycles. The smallest absolute Gasteiger partial charge is 0.224 e. The van der Waals surface area contributed by atoms with Gasteiger partial charge in [0.1, 0.15) is 12.4 Å². The van der Waals surface area contributed by atoms with Gasteiger partial charge in [0.05, 0.1) is 24.8 Å². The number of benzene rings is 2. The van der Waals surface area contributed by atoms with Crippen molar-refractivity contribution in [2.75, 3.05) is 20.2 Å². The molecule has 27 heavy (non-hydrogen) atoms. The lowest BCUT2D eigenvalue weighted by atomic mass is 10.2. The van der Waals surface area contributed by atoms with Crippen molar-refractivity contribution in [2.24, 2.45) is 0 Å². The third-order valence-corrected chi connectivity index (χ3v) is 4.50. The van der Waals surface area contributed by atoms with Gasteiger partial charge in [0.15, 0.2) is 0 Å². The van der Waals surface area contributed by atoms with Crippen LogP contribution in [0, 0.1) is 6.92 Å². The fourth-order valence-corrected chi connectivity index (χ4v) is 2.87. The van der Waals surface area contributed by atoms with E-state index in [1.165, 1.54) is 6.20 Å². The Labute approximate surface area is 158 Å². The maximum atomic E-state index is 12.4. The average Bonchev–Trinajstić information content (AvgIpc) is 2.69. The van der Waals surface area contributed by atoms with E-state index in [9.17, 15) is 9.59 Å². The molecule has 6 heteroatoms. The molecule has 3 aromatic rings. The first-order valence-electron chi connectivity index (χ1n) is 8.93. The topological polar surface area (TPSA) is 64.4 Å². The molecule has 0 fully saturated rings. The number of ether oxygens (including phenoxy) is 1. The molecule has 0 radical (unpaired) electrons. The predicted molar refractivity (Wildman–Crippen MR) is 105 cm³/mol. The first kappa shape index (κ1) is 18.6. The third-order valence-electron chi connectivity index (χ3n) is 4.50. The van der Waals surface area contributed by atoms with Crippen LogP contribution in [0.4, 0.5) is 0 Å². The van der Waals surface area contributed by atoms with Crippen LogP contribution in [0.5, 0.6) is 5.75 Å². The zero-order chi connectivity index (χ0) is 19.2. The second-order valence-corrected chi connectivity index (χ2v) is 6.43. The highest BCUT2D eigenvalue weighted by Gasteiger charge is 2.11. The minimum atomic E-state index is -0.112. The highest BCUT2D eigenvalue weighted by molar-refractivity contribution is 5.79. The summed E-state index contributed by atoms with van der Waals surface area (Å²) in [5.41, 5.74) is 1.70. The maximum absolute atomic E-state index is 12.4. The number of nitrogens with zero attached hydrogens (tertiary/aromatic N) is 3. The summed E-state index contributed by atoms with van der Waals surface area (Å²) >= 11 is 0. The van der Waals surface area contributed by atoms with Crippen LogP contribution in [0.1, 0.15) is 12.0 Å². The number of carbonyl (C=O) groups excluding carboxylic acids is 1. The van der Waals surface area contributed by atoms with Crippen LogP contribution in [-0.2, 0) is 11.3 Å². The molecule has 1 amide bonds. The minimum Gasteiger partial charge on any atom is -0.491 e. The van der Waals surface area contributed by atoms with E-state index in [1.807, 2.05) is 49.4 Å². The molecule has 0 saturated heterocycles.